The van der Waals surface area contributed by atoms with E-state index in [1.807, 2.05) is 0 Å². The number of halogens is 5. The van der Waals surface area contributed by atoms with E-state index in [1.165, 1.54) is 0 Å². The van der Waals surface area contributed by atoms with Crippen LogP contribution in [0.4, 0.5) is 22.0 Å². The van der Waals surface area contributed by atoms with Gasteiger partial charge in [-0.1, -0.05) is 0 Å². The molecule has 0 aromatic heterocycles. The Balaban J connectivity index is 2.18. The van der Waals surface area contributed by atoms with Gasteiger partial charge in [0.2, 0.25) is 0 Å². The molecule has 0 radical (unpaired) electrons. The van der Waals surface area contributed by atoms with Gasteiger partial charge in [0.05, 0.1) is 5.41 Å². The zero-order chi connectivity index (χ0) is 16.7. The second kappa shape index (κ2) is 5.22. The van der Waals surface area contributed by atoms with Gasteiger partial charge in [-0.3, -0.25) is 9.59 Å². The maximum Gasteiger partial charge on any atom is 0.471 e. The molecule has 0 unspecified atom stereocenters. The SMILES string of the molecule is O=C(NC1CC(C(=O)O)(c2cc(F)cc(F)c2)C1)C(F)(F)F. The smallest absolute Gasteiger partial charge is 0.471 e. The molecule has 0 spiro atoms. The molecular weight excluding hydrogens is 313 g/mol. The Kier molecular flexibility index (Phi) is 3.84. The number of carboxylic acid groups (broad SMARTS) is 1. The number of carboxylic acids is 1. The molecule has 4 nitrogen and oxygen atoms in total. The average molecular weight is 323 g/mol. The molecule has 9 heteroatoms. The van der Waals surface area contributed by atoms with Gasteiger partial charge < -0.3 is 10.4 Å². The second-order valence-electron chi connectivity index (χ2n) is 5.12. The average Bonchev–Trinajstić information content (AvgIpc) is 2.29. The lowest BCUT2D eigenvalue weighted by Crippen LogP contribution is -2.58. The normalized spacial score (nSPS) is 24.5. The zero-order valence-corrected chi connectivity index (χ0v) is 10.9. The van der Waals surface area contributed by atoms with Crippen molar-refractivity contribution in [2.45, 2.75) is 30.5 Å². The van der Waals surface area contributed by atoms with Crippen molar-refractivity contribution in [3.8, 4) is 0 Å². The highest BCUT2D eigenvalue weighted by molar-refractivity contribution is 5.85. The number of aliphatic carboxylic acids is 1. The van der Waals surface area contributed by atoms with Crippen molar-refractivity contribution in [3.63, 3.8) is 0 Å². The first kappa shape index (κ1) is 16.2. The lowest BCUT2D eigenvalue weighted by molar-refractivity contribution is -0.176. The monoisotopic (exact) mass is 323 g/mol. The van der Waals surface area contributed by atoms with Crippen molar-refractivity contribution in [1.82, 2.24) is 5.32 Å². The predicted molar refractivity (Wildman–Crippen MR) is 62.9 cm³/mol. The van der Waals surface area contributed by atoms with Crippen molar-refractivity contribution >= 4 is 11.9 Å². The van der Waals surface area contributed by atoms with Crippen LogP contribution in [0.25, 0.3) is 0 Å². The molecule has 2 N–H and O–H groups in total. The van der Waals surface area contributed by atoms with Crippen LogP contribution < -0.4 is 5.32 Å². The van der Waals surface area contributed by atoms with Gasteiger partial charge in [-0.25, -0.2) is 8.78 Å². The van der Waals surface area contributed by atoms with Crippen LogP contribution in [0.5, 0.6) is 0 Å². The van der Waals surface area contributed by atoms with Gasteiger partial charge in [0.1, 0.15) is 11.6 Å². The van der Waals surface area contributed by atoms with Gasteiger partial charge in [0, 0.05) is 12.1 Å². The van der Waals surface area contributed by atoms with Crippen molar-refractivity contribution in [1.29, 1.82) is 0 Å². The third-order valence-corrected chi connectivity index (χ3v) is 3.61. The van der Waals surface area contributed by atoms with Crippen molar-refractivity contribution < 1.29 is 36.6 Å². The van der Waals surface area contributed by atoms with E-state index in [4.69, 9.17) is 0 Å². The molecule has 2 rings (SSSR count). The molecule has 1 aliphatic rings. The maximum absolute atomic E-state index is 13.2. The number of amides is 1. The first-order valence-electron chi connectivity index (χ1n) is 6.12. The summed E-state index contributed by atoms with van der Waals surface area (Å²) in [5, 5.41) is 10.9. The molecular formula is C13H10F5NO3. The van der Waals surface area contributed by atoms with E-state index in [9.17, 15) is 36.6 Å². The van der Waals surface area contributed by atoms with Crippen LogP contribution in [-0.2, 0) is 15.0 Å². The lowest BCUT2D eigenvalue weighted by Gasteiger charge is -2.45. The fourth-order valence-corrected chi connectivity index (χ4v) is 2.51. The fraction of sp³-hybridized carbons (Fsp3) is 0.385. The minimum atomic E-state index is -5.08. The molecule has 1 amide bonds. The van der Waals surface area contributed by atoms with Crippen LogP contribution in [0.1, 0.15) is 18.4 Å². The fourth-order valence-electron chi connectivity index (χ4n) is 2.51. The Bertz CT molecular complexity index is 602. The molecule has 1 aromatic carbocycles. The molecule has 1 aromatic rings. The molecule has 1 saturated carbocycles. The van der Waals surface area contributed by atoms with Crippen LogP contribution in [0.2, 0.25) is 0 Å². The topological polar surface area (TPSA) is 66.4 Å². The van der Waals surface area contributed by atoms with Crippen LogP contribution >= 0.6 is 0 Å². The van der Waals surface area contributed by atoms with Crippen molar-refractivity contribution in [2.24, 2.45) is 0 Å². The number of nitrogens with one attached hydrogen (secondary N) is 1. The number of carbonyl (C=O) groups is 2. The highest BCUT2D eigenvalue weighted by Crippen LogP contribution is 2.45. The highest BCUT2D eigenvalue weighted by Gasteiger charge is 2.54. The molecule has 22 heavy (non-hydrogen) atoms. The standard InChI is InChI=1S/C13H10F5NO3/c14-7-1-6(2-8(15)3-7)12(11(21)22)4-9(5-12)19-10(20)13(16,17)18/h1-3,9H,4-5H2,(H,19,20)(H,21,22). The minimum absolute atomic E-state index is 0.185. The molecule has 120 valence electrons. The Morgan fingerprint density at radius 2 is 1.64 bits per heavy atom. The molecule has 0 heterocycles. The van der Waals surface area contributed by atoms with Crippen LogP contribution in [-0.4, -0.2) is 29.2 Å². The van der Waals surface area contributed by atoms with Gasteiger partial charge in [0.25, 0.3) is 0 Å². The molecule has 0 bridgehead atoms. The van der Waals surface area contributed by atoms with Gasteiger partial charge in [-0.15, -0.1) is 0 Å². The van der Waals surface area contributed by atoms with E-state index in [0.717, 1.165) is 12.1 Å². The Morgan fingerprint density at radius 3 is 2.05 bits per heavy atom. The summed E-state index contributed by atoms with van der Waals surface area (Å²) in [6.45, 7) is 0. The number of rotatable bonds is 3. The van der Waals surface area contributed by atoms with E-state index in [0.29, 0.717) is 6.07 Å². The molecule has 0 saturated heterocycles. The summed E-state index contributed by atoms with van der Waals surface area (Å²) >= 11 is 0. The second-order valence-corrected chi connectivity index (χ2v) is 5.12. The number of hydrogen-bond acceptors (Lipinski definition) is 2. The summed E-state index contributed by atoms with van der Waals surface area (Å²) in [5.74, 6) is -5.58. The largest absolute Gasteiger partial charge is 0.481 e. The number of hydrogen-bond donors (Lipinski definition) is 2. The maximum atomic E-state index is 13.2. The lowest BCUT2D eigenvalue weighted by atomic mass is 9.61. The molecule has 0 aliphatic heterocycles. The Hall–Kier alpha value is -2.19. The van der Waals surface area contributed by atoms with E-state index in [1.54, 1.807) is 5.32 Å². The Morgan fingerprint density at radius 1 is 1.14 bits per heavy atom. The molecule has 0 atom stereocenters. The van der Waals surface area contributed by atoms with Crippen LogP contribution in [0.3, 0.4) is 0 Å². The first-order valence-corrected chi connectivity index (χ1v) is 6.12. The zero-order valence-electron chi connectivity index (χ0n) is 10.9. The number of carbonyl (C=O) groups excluding carboxylic acids is 1. The van der Waals surface area contributed by atoms with Crippen molar-refractivity contribution in [3.05, 3.63) is 35.4 Å². The van der Waals surface area contributed by atoms with Crippen molar-refractivity contribution in [2.75, 3.05) is 0 Å². The Labute approximate surface area is 120 Å². The predicted octanol–water partition coefficient (Wildman–Crippen LogP) is 2.13. The molecule has 1 fully saturated rings. The summed E-state index contributed by atoms with van der Waals surface area (Å²) in [7, 11) is 0. The van der Waals surface area contributed by atoms with E-state index >= 15 is 0 Å². The summed E-state index contributed by atoms with van der Waals surface area (Å²) in [6, 6.07) is 1.16. The minimum Gasteiger partial charge on any atom is -0.481 e. The molecule has 1 aliphatic carbocycles. The quantitative estimate of drug-likeness (QED) is 0.838. The van der Waals surface area contributed by atoms with E-state index in [2.05, 4.69) is 0 Å². The van der Waals surface area contributed by atoms with Crippen LogP contribution in [0, 0.1) is 11.6 Å². The number of alkyl halides is 3. The van der Waals surface area contributed by atoms with Gasteiger partial charge in [-0.05, 0) is 30.5 Å². The van der Waals surface area contributed by atoms with E-state index in [-0.39, 0.29) is 18.4 Å². The summed E-state index contributed by atoms with van der Waals surface area (Å²) in [6.07, 6.45) is -5.84. The van der Waals surface area contributed by atoms with Crippen LogP contribution in [0.15, 0.2) is 18.2 Å². The third kappa shape index (κ3) is 2.88. The third-order valence-electron chi connectivity index (χ3n) is 3.61. The van der Waals surface area contributed by atoms with E-state index < -0.39 is 41.1 Å². The van der Waals surface area contributed by atoms with Gasteiger partial charge in [0.15, 0.2) is 0 Å². The number of benzene rings is 1. The summed E-state index contributed by atoms with van der Waals surface area (Å²) < 4.78 is 62.8. The summed E-state index contributed by atoms with van der Waals surface area (Å²) in [4.78, 5) is 22.2. The summed E-state index contributed by atoms with van der Waals surface area (Å²) in [5.41, 5.74) is -1.90. The van der Waals surface area contributed by atoms with Gasteiger partial charge in [-0.2, -0.15) is 13.2 Å². The van der Waals surface area contributed by atoms with Gasteiger partial charge >= 0.3 is 18.1 Å². The highest BCUT2D eigenvalue weighted by atomic mass is 19.4. The first-order chi connectivity index (χ1) is 10.0.